The summed E-state index contributed by atoms with van der Waals surface area (Å²) in [5, 5.41) is 0. The molecule has 0 saturated heterocycles. The summed E-state index contributed by atoms with van der Waals surface area (Å²) in [5.41, 5.74) is 4.96. The molecule has 0 saturated carbocycles. The highest BCUT2D eigenvalue weighted by molar-refractivity contribution is 5.76. The number of carbonyl (C=O) groups is 1. The summed E-state index contributed by atoms with van der Waals surface area (Å²) < 4.78 is 10.1. The highest BCUT2D eigenvalue weighted by Gasteiger charge is 2.32. The van der Waals surface area contributed by atoms with Crippen LogP contribution < -0.4 is 5.73 Å². The molecule has 4 heteroatoms. The van der Waals surface area contributed by atoms with E-state index < -0.39 is 5.41 Å². The van der Waals surface area contributed by atoms with Gasteiger partial charge < -0.3 is 15.2 Å². The van der Waals surface area contributed by atoms with Gasteiger partial charge in [0.25, 0.3) is 0 Å². The van der Waals surface area contributed by atoms with Crippen molar-refractivity contribution in [2.45, 2.75) is 33.1 Å². The molecule has 0 aliphatic heterocycles. The van der Waals surface area contributed by atoms with E-state index in [1.54, 1.807) is 0 Å². The number of hydrogen-bond acceptors (Lipinski definition) is 4. The monoisotopic (exact) mass is 217 g/mol. The van der Waals surface area contributed by atoms with Gasteiger partial charge in [-0.25, -0.2) is 0 Å². The molecular formula is C11H23NO3. The van der Waals surface area contributed by atoms with Crippen molar-refractivity contribution >= 4 is 5.97 Å². The Morgan fingerprint density at radius 3 is 2.53 bits per heavy atom. The van der Waals surface area contributed by atoms with E-state index in [2.05, 4.69) is 6.92 Å². The fraction of sp³-hybridized carbons (Fsp3) is 0.909. The van der Waals surface area contributed by atoms with Gasteiger partial charge >= 0.3 is 5.97 Å². The summed E-state index contributed by atoms with van der Waals surface area (Å²) in [4.78, 5) is 11.4. The molecular weight excluding hydrogens is 194 g/mol. The second-order valence-corrected chi connectivity index (χ2v) is 3.97. The highest BCUT2D eigenvalue weighted by Crippen LogP contribution is 2.21. The van der Waals surface area contributed by atoms with Gasteiger partial charge in [-0.1, -0.05) is 13.3 Å². The second kappa shape index (κ2) is 7.65. The molecule has 90 valence electrons. The van der Waals surface area contributed by atoms with Crippen LogP contribution in [0.15, 0.2) is 0 Å². The Morgan fingerprint density at radius 1 is 1.40 bits per heavy atom. The highest BCUT2D eigenvalue weighted by atomic mass is 16.5. The number of rotatable bonds is 8. The van der Waals surface area contributed by atoms with Crippen molar-refractivity contribution < 1.29 is 14.3 Å². The van der Waals surface area contributed by atoms with Crippen LogP contribution in [0.3, 0.4) is 0 Å². The van der Waals surface area contributed by atoms with Crippen LogP contribution in [0, 0.1) is 5.41 Å². The van der Waals surface area contributed by atoms with Gasteiger partial charge in [0.05, 0.1) is 12.5 Å². The molecule has 0 bridgehead atoms. The van der Waals surface area contributed by atoms with Crippen molar-refractivity contribution in [1.82, 2.24) is 0 Å². The molecule has 0 fully saturated rings. The van der Waals surface area contributed by atoms with Crippen LogP contribution in [0.25, 0.3) is 0 Å². The lowest BCUT2D eigenvalue weighted by atomic mass is 9.87. The largest absolute Gasteiger partial charge is 0.469 e. The van der Waals surface area contributed by atoms with Crippen LogP contribution in [-0.2, 0) is 14.3 Å². The van der Waals surface area contributed by atoms with Crippen LogP contribution in [0.4, 0.5) is 0 Å². The normalized spacial score (nSPS) is 14.7. The number of ether oxygens (including phenoxy) is 2. The zero-order chi connectivity index (χ0) is 11.7. The smallest absolute Gasteiger partial charge is 0.312 e. The summed E-state index contributed by atoms with van der Waals surface area (Å²) in [6.07, 6.45) is 2.78. The van der Waals surface area contributed by atoms with Crippen LogP contribution in [0.5, 0.6) is 0 Å². The number of unbranched alkanes of at least 4 members (excludes halogenated alkanes) is 1. The van der Waals surface area contributed by atoms with Gasteiger partial charge in [0, 0.05) is 19.8 Å². The van der Waals surface area contributed by atoms with E-state index in [0.29, 0.717) is 13.0 Å². The van der Waals surface area contributed by atoms with Crippen molar-refractivity contribution in [1.29, 1.82) is 0 Å². The maximum absolute atomic E-state index is 11.4. The maximum Gasteiger partial charge on any atom is 0.312 e. The quantitative estimate of drug-likeness (QED) is 0.492. The number of carbonyl (C=O) groups excluding carboxylic acids is 1. The van der Waals surface area contributed by atoms with E-state index in [0.717, 1.165) is 19.4 Å². The molecule has 0 aromatic heterocycles. The Kier molecular flexibility index (Phi) is 7.34. The molecule has 0 aliphatic rings. The molecule has 0 rings (SSSR count). The van der Waals surface area contributed by atoms with Crippen molar-refractivity contribution in [2.75, 3.05) is 26.9 Å². The third-order valence-corrected chi connectivity index (χ3v) is 2.57. The third kappa shape index (κ3) is 5.14. The zero-order valence-corrected chi connectivity index (χ0v) is 10.0. The van der Waals surface area contributed by atoms with Crippen LogP contribution >= 0.6 is 0 Å². The lowest BCUT2D eigenvalue weighted by molar-refractivity contribution is -0.152. The predicted octanol–water partition coefficient (Wildman–Crippen LogP) is 1.33. The van der Waals surface area contributed by atoms with Crippen LogP contribution in [-0.4, -0.2) is 32.8 Å². The predicted molar refractivity (Wildman–Crippen MR) is 59.5 cm³/mol. The Labute approximate surface area is 92.1 Å². The average molecular weight is 217 g/mol. The molecule has 0 radical (unpaired) electrons. The second-order valence-electron chi connectivity index (χ2n) is 3.97. The standard InChI is InChI=1S/C11H23NO3/c1-4-5-7-15-8-6-11(2,9-12)10(13)14-3/h4-9,12H2,1-3H3. The molecule has 1 unspecified atom stereocenters. The first kappa shape index (κ1) is 14.4. The minimum atomic E-state index is -0.610. The minimum absolute atomic E-state index is 0.260. The fourth-order valence-electron chi connectivity index (χ4n) is 1.18. The van der Waals surface area contributed by atoms with Gasteiger partial charge in [0.1, 0.15) is 0 Å². The molecule has 0 amide bonds. The van der Waals surface area contributed by atoms with E-state index in [9.17, 15) is 4.79 Å². The van der Waals surface area contributed by atoms with Crippen molar-refractivity contribution in [2.24, 2.45) is 11.1 Å². The first-order chi connectivity index (χ1) is 7.10. The first-order valence-electron chi connectivity index (χ1n) is 5.47. The molecule has 2 N–H and O–H groups in total. The number of esters is 1. The number of hydrogen-bond donors (Lipinski definition) is 1. The Balaban J connectivity index is 3.83. The third-order valence-electron chi connectivity index (χ3n) is 2.57. The van der Waals surface area contributed by atoms with Crippen molar-refractivity contribution in [3.63, 3.8) is 0 Å². The molecule has 4 nitrogen and oxygen atoms in total. The summed E-state index contributed by atoms with van der Waals surface area (Å²) >= 11 is 0. The van der Waals surface area contributed by atoms with Gasteiger partial charge in [-0.05, 0) is 19.8 Å². The lowest BCUT2D eigenvalue weighted by Gasteiger charge is -2.24. The average Bonchev–Trinajstić information content (AvgIpc) is 2.27. The molecule has 0 aromatic rings. The SMILES string of the molecule is CCCCOCCC(C)(CN)C(=O)OC. The zero-order valence-electron chi connectivity index (χ0n) is 10.0. The van der Waals surface area contributed by atoms with E-state index in [1.807, 2.05) is 6.92 Å². The Hall–Kier alpha value is -0.610. The van der Waals surface area contributed by atoms with E-state index in [1.165, 1.54) is 7.11 Å². The lowest BCUT2D eigenvalue weighted by Crippen LogP contribution is -2.37. The van der Waals surface area contributed by atoms with Gasteiger partial charge in [0.15, 0.2) is 0 Å². The summed E-state index contributed by atoms with van der Waals surface area (Å²) in [6.45, 7) is 5.52. The maximum atomic E-state index is 11.4. The van der Waals surface area contributed by atoms with E-state index in [-0.39, 0.29) is 12.5 Å². The summed E-state index contributed by atoms with van der Waals surface area (Å²) in [5.74, 6) is -0.260. The van der Waals surface area contributed by atoms with Crippen molar-refractivity contribution in [3.8, 4) is 0 Å². The number of nitrogens with two attached hydrogens (primary N) is 1. The number of methoxy groups -OCH3 is 1. The van der Waals surface area contributed by atoms with Gasteiger partial charge in [-0.15, -0.1) is 0 Å². The van der Waals surface area contributed by atoms with Gasteiger partial charge in [-0.3, -0.25) is 4.79 Å². The Morgan fingerprint density at radius 2 is 2.07 bits per heavy atom. The molecule has 0 heterocycles. The van der Waals surface area contributed by atoms with Gasteiger partial charge in [-0.2, -0.15) is 0 Å². The summed E-state index contributed by atoms with van der Waals surface area (Å²) in [7, 11) is 1.38. The first-order valence-corrected chi connectivity index (χ1v) is 5.47. The Bertz CT molecular complexity index is 185. The summed E-state index contributed by atoms with van der Waals surface area (Å²) in [6, 6.07) is 0. The topological polar surface area (TPSA) is 61.5 Å². The molecule has 15 heavy (non-hydrogen) atoms. The molecule has 0 aliphatic carbocycles. The molecule has 0 aromatic carbocycles. The van der Waals surface area contributed by atoms with E-state index in [4.69, 9.17) is 15.2 Å². The van der Waals surface area contributed by atoms with E-state index >= 15 is 0 Å². The van der Waals surface area contributed by atoms with Crippen molar-refractivity contribution in [3.05, 3.63) is 0 Å². The van der Waals surface area contributed by atoms with Gasteiger partial charge in [0.2, 0.25) is 0 Å². The minimum Gasteiger partial charge on any atom is -0.469 e. The van der Waals surface area contributed by atoms with Crippen LogP contribution in [0.1, 0.15) is 33.1 Å². The van der Waals surface area contributed by atoms with Crippen LogP contribution in [0.2, 0.25) is 0 Å². The molecule has 1 atom stereocenters. The fourth-order valence-corrected chi connectivity index (χ4v) is 1.18. The molecule has 0 spiro atoms.